The number of carbonyl (C=O) groups excluding carboxylic acids is 1. The summed E-state index contributed by atoms with van der Waals surface area (Å²) in [6.45, 7) is 2.41. The number of carbonyl (C=O) groups is 1. The topological polar surface area (TPSA) is 32.3 Å². The second-order valence-corrected chi connectivity index (χ2v) is 6.56. The lowest BCUT2D eigenvalue weighted by Gasteiger charge is -2.36. The summed E-state index contributed by atoms with van der Waals surface area (Å²) in [7, 11) is 2.22. The fraction of sp³-hybridized carbons (Fsp3) is 0.588. The van der Waals surface area contributed by atoms with Crippen LogP contribution in [-0.4, -0.2) is 36.5 Å². The van der Waals surface area contributed by atoms with Gasteiger partial charge in [-0.25, -0.2) is 4.39 Å². The minimum atomic E-state index is -0.265. The molecule has 114 valence electrons. The van der Waals surface area contributed by atoms with Gasteiger partial charge in [-0.1, -0.05) is 0 Å². The van der Waals surface area contributed by atoms with Gasteiger partial charge in [0.15, 0.2) is 0 Å². The molecular formula is C17H23FN2O. The van der Waals surface area contributed by atoms with Crippen LogP contribution in [0.15, 0.2) is 18.2 Å². The number of nitrogens with one attached hydrogen (secondary N) is 1. The highest BCUT2D eigenvalue weighted by Gasteiger charge is 2.38. The third-order valence-corrected chi connectivity index (χ3v) is 5.17. The van der Waals surface area contributed by atoms with E-state index in [0.29, 0.717) is 29.1 Å². The average Bonchev–Trinajstić information content (AvgIpc) is 2.69. The third-order valence-electron chi connectivity index (χ3n) is 5.17. The Hall–Kier alpha value is -1.42. The standard InChI is InChI=1S/C17H23FN2O/c1-11-7-13(3-6-16(11)18)17(21)19-10-12-8-14-4-5-15(9-12)20(14)2/h3,6-7,12,14-15H,4-5,8-10H2,1-2H3,(H,19,21). The molecule has 1 aromatic rings. The number of benzene rings is 1. The van der Waals surface area contributed by atoms with Gasteiger partial charge in [-0.3, -0.25) is 4.79 Å². The first-order chi connectivity index (χ1) is 10.0. The van der Waals surface area contributed by atoms with Gasteiger partial charge >= 0.3 is 0 Å². The van der Waals surface area contributed by atoms with Gasteiger partial charge in [0.05, 0.1) is 0 Å². The smallest absolute Gasteiger partial charge is 0.251 e. The van der Waals surface area contributed by atoms with Crippen molar-refractivity contribution in [1.29, 1.82) is 0 Å². The molecule has 2 aliphatic rings. The summed E-state index contributed by atoms with van der Waals surface area (Å²) in [4.78, 5) is 14.7. The maximum Gasteiger partial charge on any atom is 0.251 e. The summed E-state index contributed by atoms with van der Waals surface area (Å²) in [6.07, 6.45) is 4.94. The van der Waals surface area contributed by atoms with E-state index in [2.05, 4.69) is 17.3 Å². The Morgan fingerprint density at radius 2 is 2.00 bits per heavy atom. The van der Waals surface area contributed by atoms with E-state index in [0.717, 1.165) is 6.54 Å². The first-order valence-corrected chi connectivity index (χ1v) is 7.81. The lowest BCUT2D eigenvalue weighted by molar-refractivity contribution is 0.0917. The largest absolute Gasteiger partial charge is 0.352 e. The van der Waals surface area contributed by atoms with Crippen molar-refractivity contribution in [1.82, 2.24) is 10.2 Å². The maximum absolute atomic E-state index is 13.2. The van der Waals surface area contributed by atoms with E-state index in [4.69, 9.17) is 0 Å². The summed E-state index contributed by atoms with van der Waals surface area (Å²) in [5, 5.41) is 3.02. The molecule has 0 aliphatic carbocycles. The third kappa shape index (κ3) is 2.95. The van der Waals surface area contributed by atoms with Gasteiger partial charge < -0.3 is 10.2 Å². The quantitative estimate of drug-likeness (QED) is 0.928. The highest BCUT2D eigenvalue weighted by atomic mass is 19.1. The van der Waals surface area contributed by atoms with Crippen molar-refractivity contribution in [3.8, 4) is 0 Å². The van der Waals surface area contributed by atoms with Crippen LogP contribution < -0.4 is 5.32 Å². The van der Waals surface area contributed by atoms with Crippen molar-refractivity contribution in [2.45, 2.75) is 44.7 Å². The Balaban J connectivity index is 1.55. The number of halogens is 1. The van der Waals surface area contributed by atoms with Crippen LogP contribution >= 0.6 is 0 Å². The van der Waals surface area contributed by atoms with Gasteiger partial charge in [0.1, 0.15) is 5.82 Å². The first-order valence-electron chi connectivity index (χ1n) is 7.81. The van der Waals surface area contributed by atoms with E-state index in [1.807, 2.05) is 0 Å². The number of hydrogen-bond acceptors (Lipinski definition) is 2. The Morgan fingerprint density at radius 1 is 1.33 bits per heavy atom. The Morgan fingerprint density at radius 3 is 2.62 bits per heavy atom. The summed E-state index contributed by atoms with van der Waals surface area (Å²) in [6, 6.07) is 5.91. The molecule has 1 aromatic carbocycles. The molecule has 21 heavy (non-hydrogen) atoms. The van der Waals surface area contributed by atoms with Crippen molar-refractivity contribution >= 4 is 5.91 Å². The van der Waals surface area contributed by atoms with Crippen LogP contribution in [0, 0.1) is 18.7 Å². The average molecular weight is 290 g/mol. The highest BCUT2D eigenvalue weighted by Crippen LogP contribution is 2.37. The van der Waals surface area contributed by atoms with E-state index in [1.165, 1.54) is 31.7 Å². The molecule has 2 aliphatic heterocycles. The van der Waals surface area contributed by atoms with Crippen molar-refractivity contribution in [2.75, 3.05) is 13.6 Å². The number of rotatable bonds is 3. The van der Waals surface area contributed by atoms with Gasteiger partial charge in [-0.05, 0) is 69.3 Å². The van der Waals surface area contributed by atoms with E-state index >= 15 is 0 Å². The molecule has 4 heteroatoms. The molecule has 0 radical (unpaired) electrons. The lowest BCUT2D eigenvalue weighted by Crippen LogP contribution is -2.43. The summed E-state index contributed by atoms with van der Waals surface area (Å²) in [5.41, 5.74) is 1.06. The SMILES string of the molecule is Cc1cc(C(=O)NCC2CC3CCC(C2)N3C)ccc1F. The number of amides is 1. The molecule has 0 aromatic heterocycles. The van der Waals surface area contributed by atoms with E-state index in [1.54, 1.807) is 19.1 Å². The minimum absolute atomic E-state index is 0.0932. The second kappa shape index (κ2) is 5.76. The highest BCUT2D eigenvalue weighted by molar-refractivity contribution is 5.94. The number of aryl methyl sites for hydroxylation is 1. The monoisotopic (exact) mass is 290 g/mol. The molecule has 0 saturated carbocycles. The van der Waals surface area contributed by atoms with Gasteiger partial charge in [0.2, 0.25) is 0 Å². The predicted molar refractivity (Wildman–Crippen MR) is 80.8 cm³/mol. The molecule has 1 amide bonds. The molecule has 2 bridgehead atoms. The second-order valence-electron chi connectivity index (χ2n) is 6.56. The van der Waals surface area contributed by atoms with Crippen molar-refractivity contribution in [3.63, 3.8) is 0 Å². The zero-order valence-corrected chi connectivity index (χ0v) is 12.7. The molecule has 1 N–H and O–H groups in total. The molecule has 2 unspecified atom stereocenters. The van der Waals surface area contributed by atoms with Crippen LogP contribution in [0.1, 0.15) is 41.6 Å². The summed E-state index contributed by atoms with van der Waals surface area (Å²) >= 11 is 0. The number of nitrogens with zero attached hydrogens (tertiary/aromatic N) is 1. The van der Waals surface area contributed by atoms with E-state index in [-0.39, 0.29) is 11.7 Å². The molecule has 2 heterocycles. The van der Waals surface area contributed by atoms with Crippen LogP contribution in [0.2, 0.25) is 0 Å². The fourth-order valence-electron chi connectivity index (χ4n) is 3.82. The van der Waals surface area contributed by atoms with Crippen molar-refractivity contribution in [2.24, 2.45) is 5.92 Å². The van der Waals surface area contributed by atoms with Gasteiger partial charge in [0.25, 0.3) is 5.91 Å². The van der Waals surface area contributed by atoms with Crippen LogP contribution in [0.4, 0.5) is 4.39 Å². The fourth-order valence-corrected chi connectivity index (χ4v) is 3.82. The van der Waals surface area contributed by atoms with Crippen molar-refractivity contribution in [3.05, 3.63) is 35.1 Å². The van der Waals surface area contributed by atoms with Crippen LogP contribution in [0.25, 0.3) is 0 Å². The number of fused-ring (bicyclic) bond motifs is 2. The number of hydrogen-bond donors (Lipinski definition) is 1. The summed E-state index contributed by atoms with van der Waals surface area (Å²) < 4.78 is 13.2. The van der Waals surface area contributed by atoms with Crippen LogP contribution in [0.3, 0.4) is 0 Å². The number of piperidine rings is 1. The van der Waals surface area contributed by atoms with Crippen LogP contribution in [-0.2, 0) is 0 Å². The molecule has 2 saturated heterocycles. The normalized spacial score (nSPS) is 28.6. The zero-order valence-electron chi connectivity index (χ0n) is 12.7. The first kappa shape index (κ1) is 14.5. The predicted octanol–water partition coefficient (Wildman–Crippen LogP) is 2.74. The molecule has 3 rings (SSSR count). The Labute approximate surface area is 125 Å². The van der Waals surface area contributed by atoms with E-state index < -0.39 is 0 Å². The van der Waals surface area contributed by atoms with Crippen molar-refractivity contribution < 1.29 is 9.18 Å². The maximum atomic E-state index is 13.2. The lowest BCUT2D eigenvalue weighted by atomic mass is 9.91. The Bertz CT molecular complexity index is 532. The molecule has 3 nitrogen and oxygen atoms in total. The van der Waals surface area contributed by atoms with Gasteiger partial charge in [-0.2, -0.15) is 0 Å². The van der Waals surface area contributed by atoms with Gasteiger partial charge in [-0.15, -0.1) is 0 Å². The molecule has 2 atom stereocenters. The zero-order chi connectivity index (χ0) is 15.0. The molecule has 2 fully saturated rings. The van der Waals surface area contributed by atoms with Crippen LogP contribution in [0.5, 0.6) is 0 Å². The molecular weight excluding hydrogens is 267 g/mol. The summed E-state index contributed by atoms with van der Waals surface area (Å²) in [5.74, 6) is 0.215. The van der Waals surface area contributed by atoms with Gasteiger partial charge in [0, 0.05) is 24.2 Å². The Kier molecular flexibility index (Phi) is 3.98. The molecule has 0 spiro atoms. The van der Waals surface area contributed by atoms with E-state index in [9.17, 15) is 9.18 Å². The minimum Gasteiger partial charge on any atom is -0.352 e.